The van der Waals surface area contributed by atoms with E-state index in [-0.39, 0.29) is 30.1 Å². The summed E-state index contributed by atoms with van der Waals surface area (Å²) in [5, 5.41) is 3.19. The number of nitrogens with one attached hydrogen (secondary N) is 1. The molecular formula is C20H27N3O4S. The van der Waals surface area contributed by atoms with Crippen LogP contribution in [0.3, 0.4) is 0 Å². The van der Waals surface area contributed by atoms with E-state index in [4.69, 9.17) is 4.74 Å². The van der Waals surface area contributed by atoms with Gasteiger partial charge in [-0.15, -0.1) is 11.3 Å². The molecular weight excluding hydrogens is 378 g/mol. The van der Waals surface area contributed by atoms with Gasteiger partial charge in [0.05, 0.1) is 11.7 Å². The average Bonchev–Trinajstić information content (AvgIpc) is 3.02. The number of esters is 1. The van der Waals surface area contributed by atoms with Crippen LogP contribution in [0.5, 0.6) is 0 Å². The minimum Gasteiger partial charge on any atom is -0.458 e. The summed E-state index contributed by atoms with van der Waals surface area (Å²) in [6.45, 7) is 4.30. The fourth-order valence-electron chi connectivity index (χ4n) is 3.47. The molecule has 0 saturated heterocycles. The van der Waals surface area contributed by atoms with Crippen LogP contribution in [0.4, 0.5) is 0 Å². The highest BCUT2D eigenvalue weighted by atomic mass is 32.1. The zero-order valence-electron chi connectivity index (χ0n) is 16.5. The molecule has 0 bridgehead atoms. The SMILES string of the molecule is CCCCNC(=O)Cn1cnc2sc(C(=O)OC3CCCCC3)c(C)c2c1=O. The molecule has 2 aromatic heterocycles. The molecule has 1 N–H and O–H groups in total. The molecule has 152 valence electrons. The summed E-state index contributed by atoms with van der Waals surface area (Å²) >= 11 is 1.18. The van der Waals surface area contributed by atoms with Gasteiger partial charge in [-0.05, 0) is 44.6 Å². The molecule has 0 spiro atoms. The molecule has 1 fully saturated rings. The van der Waals surface area contributed by atoms with Gasteiger partial charge in [0.25, 0.3) is 5.56 Å². The Morgan fingerprint density at radius 3 is 2.79 bits per heavy atom. The standard InChI is InChI=1S/C20H27N3O4S/c1-3-4-10-21-15(24)11-23-12-22-18-16(19(23)25)13(2)17(28-18)20(26)27-14-8-6-5-7-9-14/h12,14H,3-11H2,1-2H3,(H,21,24). The number of aryl methyl sites for hydroxylation is 1. The molecule has 0 radical (unpaired) electrons. The number of amides is 1. The van der Waals surface area contributed by atoms with Crippen LogP contribution in [-0.4, -0.2) is 34.1 Å². The van der Waals surface area contributed by atoms with Crippen molar-refractivity contribution in [1.29, 1.82) is 0 Å². The Bertz CT molecular complexity index is 912. The lowest BCUT2D eigenvalue weighted by atomic mass is 9.98. The van der Waals surface area contributed by atoms with E-state index in [1.54, 1.807) is 6.92 Å². The van der Waals surface area contributed by atoms with Crippen molar-refractivity contribution in [2.75, 3.05) is 6.54 Å². The second-order valence-corrected chi connectivity index (χ2v) is 8.28. The number of carbonyl (C=O) groups is 2. The number of hydrogen-bond donors (Lipinski definition) is 1. The van der Waals surface area contributed by atoms with E-state index in [1.807, 2.05) is 6.92 Å². The van der Waals surface area contributed by atoms with Crippen molar-refractivity contribution < 1.29 is 14.3 Å². The quantitative estimate of drug-likeness (QED) is 0.564. The summed E-state index contributed by atoms with van der Waals surface area (Å²) in [6, 6.07) is 0. The first-order chi connectivity index (χ1) is 13.5. The molecule has 7 nitrogen and oxygen atoms in total. The van der Waals surface area contributed by atoms with Gasteiger partial charge in [0.2, 0.25) is 5.91 Å². The summed E-state index contributed by atoms with van der Waals surface area (Å²) in [4.78, 5) is 42.7. The number of nitrogens with zero attached hydrogens (tertiary/aromatic N) is 2. The number of carbonyl (C=O) groups excluding carboxylic acids is 2. The number of thiophene rings is 1. The van der Waals surface area contributed by atoms with Crippen LogP contribution < -0.4 is 10.9 Å². The minimum absolute atomic E-state index is 0.0395. The Labute approximate surface area is 168 Å². The number of unbranched alkanes of at least 4 members (excludes halogenated alkanes) is 1. The molecule has 0 aromatic carbocycles. The normalized spacial score (nSPS) is 14.9. The van der Waals surface area contributed by atoms with Gasteiger partial charge in [0.1, 0.15) is 22.4 Å². The molecule has 0 atom stereocenters. The number of hydrogen-bond acceptors (Lipinski definition) is 6. The van der Waals surface area contributed by atoms with Gasteiger partial charge in [-0.25, -0.2) is 9.78 Å². The third-order valence-corrected chi connectivity index (χ3v) is 6.27. The lowest BCUT2D eigenvalue weighted by Crippen LogP contribution is -2.32. The van der Waals surface area contributed by atoms with Crippen LogP contribution >= 0.6 is 11.3 Å². The third kappa shape index (κ3) is 4.60. The van der Waals surface area contributed by atoms with E-state index >= 15 is 0 Å². The lowest BCUT2D eigenvalue weighted by molar-refractivity contribution is -0.121. The number of ether oxygens (including phenoxy) is 1. The molecule has 2 aromatic rings. The molecule has 28 heavy (non-hydrogen) atoms. The Balaban J connectivity index is 1.79. The van der Waals surface area contributed by atoms with E-state index < -0.39 is 0 Å². The highest BCUT2D eigenvalue weighted by Crippen LogP contribution is 2.29. The largest absolute Gasteiger partial charge is 0.458 e. The highest BCUT2D eigenvalue weighted by molar-refractivity contribution is 7.20. The summed E-state index contributed by atoms with van der Waals surface area (Å²) < 4.78 is 6.94. The maximum atomic E-state index is 12.8. The Kier molecular flexibility index (Phi) is 6.83. The van der Waals surface area contributed by atoms with Gasteiger partial charge in [0.15, 0.2) is 0 Å². The van der Waals surface area contributed by atoms with Crippen molar-refractivity contribution in [3.63, 3.8) is 0 Å². The molecule has 1 saturated carbocycles. The van der Waals surface area contributed by atoms with Crippen LogP contribution in [0.15, 0.2) is 11.1 Å². The van der Waals surface area contributed by atoms with Crippen LogP contribution in [-0.2, 0) is 16.1 Å². The van der Waals surface area contributed by atoms with Crippen molar-refractivity contribution in [2.24, 2.45) is 0 Å². The fourth-order valence-corrected chi connectivity index (χ4v) is 4.49. The van der Waals surface area contributed by atoms with Gasteiger partial charge >= 0.3 is 5.97 Å². The summed E-state index contributed by atoms with van der Waals surface area (Å²) in [6.07, 6.45) is 8.35. The van der Waals surface area contributed by atoms with E-state index in [9.17, 15) is 14.4 Å². The summed E-state index contributed by atoms with van der Waals surface area (Å²) in [5.41, 5.74) is 0.278. The molecule has 1 aliphatic carbocycles. The van der Waals surface area contributed by atoms with Crippen LogP contribution in [0.2, 0.25) is 0 Å². The second-order valence-electron chi connectivity index (χ2n) is 7.28. The lowest BCUT2D eigenvalue weighted by Gasteiger charge is -2.21. The predicted octanol–water partition coefficient (Wildman–Crippen LogP) is 3.17. The molecule has 0 aliphatic heterocycles. The van der Waals surface area contributed by atoms with Crippen molar-refractivity contribution >= 4 is 33.4 Å². The molecule has 2 heterocycles. The molecule has 0 unspecified atom stereocenters. The first-order valence-corrected chi connectivity index (χ1v) is 10.8. The average molecular weight is 406 g/mol. The highest BCUT2D eigenvalue weighted by Gasteiger charge is 2.24. The Morgan fingerprint density at radius 1 is 1.32 bits per heavy atom. The van der Waals surface area contributed by atoms with Crippen molar-refractivity contribution in [3.8, 4) is 0 Å². The molecule has 8 heteroatoms. The van der Waals surface area contributed by atoms with Crippen LogP contribution in [0.1, 0.15) is 67.1 Å². The summed E-state index contributed by atoms with van der Waals surface area (Å²) in [7, 11) is 0. The first kappa shape index (κ1) is 20.5. The molecule has 1 aliphatic rings. The van der Waals surface area contributed by atoms with Crippen LogP contribution in [0.25, 0.3) is 10.2 Å². The smallest absolute Gasteiger partial charge is 0.348 e. The monoisotopic (exact) mass is 405 g/mol. The maximum Gasteiger partial charge on any atom is 0.348 e. The molecule has 1 amide bonds. The number of aromatic nitrogens is 2. The summed E-state index contributed by atoms with van der Waals surface area (Å²) in [5.74, 6) is -0.600. The third-order valence-electron chi connectivity index (χ3n) is 5.10. The topological polar surface area (TPSA) is 90.3 Å². The van der Waals surface area contributed by atoms with Gasteiger partial charge in [0, 0.05) is 6.54 Å². The molecule has 3 rings (SSSR count). The zero-order chi connectivity index (χ0) is 20.1. The van der Waals surface area contributed by atoms with Gasteiger partial charge in [-0.3, -0.25) is 14.2 Å². The maximum absolute atomic E-state index is 12.8. The number of fused-ring (bicyclic) bond motifs is 1. The first-order valence-electron chi connectivity index (χ1n) is 9.97. The fraction of sp³-hybridized carbons (Fsp3) is 0.600. The second kappa shape index (κ2) is 9.32. The van der Waals surface area contributed by atoms with Crippen molar-refractivity contribution in [1.82, 2.24) is 14.9 Å². The number of rotatable bonds is 7. The van der Waals surface area contributed by atoms with Gasteiger partial charge in [-0.2, -0.15) is 0 Å². The van der Waals surface area contributed by atoms with E-state index in [0.29, 0.717) is 27.2 Å². The van der Waals surface area contributed by atoms with E-state index in [1.165, 1.54) is 28.7 Å². The van der Waals surface area contributed by atoms with Crippen molar-refractivity contribution in [3.05, 3.63) is 27.1 Å². The van der Waals surface area contributed by atoms with Crippen LogP contribution in [0, 0.1) is 6.92 Å². The predicted molar refractivity (Wildman–Crippen MR) is 109 cm³/mol. The van der Waals surface area contributed by atoms with E-state index in [0.717, 1.165) is 38.5 Å². The Morgan fingerprint density at radius 2 is 2.07 bits per heavy atom. The van der Waals surface area contributed by atoms with Gasteiger partial charge < -0.3 is 10.1 Å². The van der Waals surface area contributed by atoms with Gasteiger partial charge in [-0.1, -0.05) is 19.8 Å². The van der Waals surface area contributed by atoms with E-state index in [2.05, 4.69) is 10.3 Å². The Hall–Kier alpha value is -2.22. The minimum atomic E-state index is -0.379. The zero-order valence-corrected chi connectivity index (χ0v) is 17.3. The van der Waals surface area contributed by atoms with Crippen molar-refractivity contribution in [2.45, 2.75) is 71.4 Å².